The number of hydrogen-bond donors (Lipinski definition) is 1. The molecule has 0 bridgehead atoms. The number of hydrogen-bond acceptors (Lipinski definition) is 3. The summed E-state index contributed by atoms with van der Waals surface area (Å²) in [6.07, 6.45) is 10.3. The third kappa shape index (κ3) is 5.52. The minimum atomic E-state index is -0.0717. The molecule has 1 fully saturated rings. The Labute approximate surface area is 118 Å². The van der Waals surface area contributed by atoms with Crippen LogP contribution in [0.1, 0.15) is 71.6 Å². The Morgan fingerprint density at radius 1 is 1.26 bits per heavy atom. The molecule has 1 N–H and O–H groups in total. The lowest BCUT2D eigenvalue weighted by Crippen LogP contribution is -2.47. The Morgan fingerprint density at radius 3 is 2.68 bits per heavy atom. The highest BCUT2D eigenvalue weighted by atomic mass is 16.5. The van der Waals surface area contributed by atoms with E-state index in [9.17, 15) is 4.79 Å². The van der Waals surface area contributed by atoms with E-state index in [2.05, 4.69) is 19.2 Å². The predicted octanol–water partition coefficient (Wildman–Crippen LogP) is 3.67. The molecule has 0 aromatic heterocycles. The molecule has 3 nitrogen and oxygen atoms in total. The van der Waals surface area contributed by atoms with Crippen molar-refractivity contribution in [3.8, 4) is 0 Å². The van der Waals surface area contributed by atoms with Crippen LogP contribution in [0.5, 0.6) is 0 Å². The van der Waals surface area contributed by atoms with Gasteiger partial charge in [0.05, 0.1) is 13.5 Å². The molecule has 0 aromatic rings. The van der Waals surface area contributed by atoms with E-state index in [1.165, 1.54) is 39.2 Å². The lowest BCUT2D eigenvalue weighted by molar-refractivity contribution is -0.142. The zero-order chi connectivity index (χ0) is 14.1. The molecule has 0 radical (unpaired) electrons. The number of nitrogens with one attached hydrogen (secondary N) is 1. The maximum absolute atomic E-state index is 11.7. The molecule has 2 atom stereocenters. The van der Waals surface area contributed by atoms with Gasteiger partial charge in [0.1, 0.15) is 0 Å². The minimum absolute atomic E-state index is 0.00834. The first kappa shape index (κ1) is 16.5. The molecule has 3 heteroatoms. The van der Waals surface area contributed by atoms with Crippen LogP contribution in [-0.4, -0.2) is 25.2 Å². The van der Waals surface area contributed by atoms with E-state index in [-0.39, 0.29) is 11.5 Å². The van der Waals surface area contributed by atoms with Gasteiger partial charge in [0, 0.05) is 5.54 Å². The normalized spacial score (nSPS) is 27.8. The minimum Gasteiger partial charge on any atom is -0.469 e. The Kier molecular flexibility index (Phi) is 7.44. The number of carbonyl (C=O) groups is 1. The molecule has 1 rings (SSSR count). The molecule has 0 aliphatic heterocycles. The quantitative estimate of drug-likeness (QED) is 0.566. The van der Waals surface area contributed by atoms with Gasteiger partial charge in [-0.25, -0.2) is 0 Å². The Balaban J connectivity index is 2.64. The molecule has 2 unspecified atom stereocenters. The first-order chi connectivity index (χ1) is 9.15. The molecule has 0 amide bonds. The molecule has 0 saturated heterocycles. The van der Waals surface area contributed by atoms with Crippen molar-refractivity contribution in [3.63, 3.8) is 0 Å². The van der Waals surface area contributed by atoms with Crippen molar-refractivity contribution < 1.29 is 9.53 Å². The third-order valence-electron chi connectivity index (χ3n) is 4.46. The zero-order valence-corrected chi connectivity index (χ0v) is 13.0. The van der Waals surface area contributed by atoms with E-state index in [0.717, 1.165) is 31.7 Å². The van der Waals surface area contributed by atoms with Crippen molar-refractivity contribution in [1.82, 2.24) is 5.32 Å². The Bertz CT molecular complexity index is 267. The summed E-state index contributed by atoms with van der Waals surface area (Å²) in [6.45, 7) is 5.44. The van der Waals surface area contributed by atoms with Crippen LogP contribution < -0.4 is 5.32 Å². The topological polar surface area (TPSA) is 38.3 Å². The van der Waals surface area contributed by atoms with Gasteiger partial charge >= 0.3 is 5.97 Å². The lowest BCUT2D eigenvalue weighted by atomic mass is 9.85. The summed E-state index contributed by atoms with van der Waals surface area (Å²) < 4.78 is 4.89. The number of rotatable bonds is 7. The highest BCUT2D eigenvalue weighted by Gasteiger charge is 2.34. The second-order valence-electron chi connectivity index (χ2n) is 6.05. The van der Waals surface area contributed by atoms with Gasteiger partial charge in [-0.3, -0.25) is 4.79 Å². The van der Waals surface area contributed by atoms with Crippen LogP contribution in [0.15, 0.2) is 0 Å². The number of esters is 1. The Hall–Kier alpha value is -0.570. The summed E-state index contributed by atoms with van der Waals surface area (Å²) in [5.74, 6) is 0.783. The SMILES string of the molecule is CCCNC1(CC(=O)OC)CCCC(CCC)CC1. The molecule has 112 valence electrons. The van der Waals surface area contributed by atoms with Crippen LogP contribution >= 0.6 is 0 Å². The van der Waals surface area contributed by atoms with Gasteiger partial charge in [-0.05, 0) is 38.1 Å². The fourth-order valence-electron chi connectivity index (χ4n) is 3.33. The summed E-state index contributed by atoms with van der Waals surface area (Å²) in [5.41, 5.74) is -0.00834. The van der Waals surface area contributed by atoms with Crippen molar-refractivity contribution in [2.45, 2.75) is 77.2 Å². The number of ether oxygens (including phenoxy) is 1. The largest absolute Gasteiger partial charge is 0.469 e. The van der Waals surface area contributed by atoms with Crippen molar-refractivity contribution in [1.29, 1.82) is 0 Å². The number of carbonyl (C=O) groups excluding carboxylic acids is 1. The van der Waals surface area contributed by atoms with Crippen LogP contribution in [0.25, 0.3) is 0 Å². The average Bonchev–Trinajstić information content (AvgIpc) is 2.60. The van der Waals surface area contributed by atoms with Crippen molar-refractivity contribution in [2.75, 3.05) is 13.7 Å². The molecule has 0 heterocycles. The van der Waals surface area contributed by atoms with Gasteiger partial charge in [0.15, 0.2) is 0 Å². The van der Waals surface area contributed by atoms with Gasteiger partial charge in [-0.2, -0.15) is 0 Å². The van der Waals surface area contributed by atoms with Crippen LogP contribution in [0.2, 0.25) is 0 Å². The van der Waals surface area contributed by atoms with Gasteiger partial charge in [0.25, 0.3) is 0 Å². The first-order valence-corrected chi connectivity index (χ1v) is 7.97. The predicted molar refractivity (Wildman–Crippen MR) is 79.1 cm³/mol. The van der Waals surface area contributed by atoms with E-state index in [4.69, 9.17) is 4.74 Å². The molecule has 1 saturated carbocycles. The molecule has 0 spiro atoms. The third-order valence-corrected chi connectivity index (χ3v) is 4.46. The first-order valence-electron chi connectivity index (χ1n) is 7.97. The second-order valence-corrected chi connectivity index (χ2v) is 6.05. The van der Waals surface area contributed by atoms with E-state index in [1.54, 1.807) is 0 Å². The van der Waals surface area contributed by atoms with Crippen LogP contribution in [0.4, 0.5) is 0 Å². The van der Waals surface area contributed by atoms with Crippen molar-refractivity contribution >= 4 is 5.97 Å². The fraction of sp³-hybridized carbons (Fsp3) is 0.938. The van der Waals surface area contributed by atoms with E-state index in [1.807, 2.05) is 0 Å². The molecular formula is C16H31NO2. The molecule has 1 aliphatic rings. The average molecular weight is 269 g/mol. The summed E-state index contributed by atoms with van der Waals surface area (Å²) in [5, 5.41) is 3.65. The summed E-state index contributed by atoms with van der Waals surface area (Å²) in [6, 6.07) is 0. The van der Waals surface area contributed by atoms with Crippen LogP contribution in [0.3, 0.4) is 0 Å². The summed E-state index contributed by atoms with van der Waals surface area (Å²) in [4.78, 5) is 11.7. The van der Waals surface area contributed by atoms with Crippen molar-refractivity contribution in [2.24, 2.45) is 5.92 Å². The molecular weight excluding hydrogens is 238 g/mol. The van der Waals surface area contributed by atoms with Gasteiger partial charge in [0.2, 0.25) is 0 Å². The van der Waals surface area contributed by atoms with Crippen molar-refractivity contribution in [3.05, 3.63) is 0 Å². The molecule has 1 aliphatic carbocycles. The van der Waals surface area contributed by atoms with E-state index < -0.39 is 0 Å². The van der Waals surface area contributed by atoms with E-state index in [0.29, 0.717) is 6.42 Å². The van der Waals surface area contributed by atoms with Gasteiger partial charge in [-0.15, -0.1) is 0 Å². The highest BCUT2D eigenvalue weighted by molar-refractivity contribution is 5.70. The number of methoxy groups -OCH3 is 1. The monoisotopic (exact) mass is 269 g/mol. The van der Waals surface area contributed by atoms with Crippen LogP contribution in [0, 0.1) is 5.92 Å². The fourth-order valence-corrected chi connectivity index (χ4v) is 3.33. The zero-order valence-electron chi connectivity index (χ0n) is 13.0. The Morgan fingerprint density at radius 2 is 2.05 bits per heavy atom. The highest BCUT2D eigenvalue weighted by Crippen LogP contribution is 2.34. The molecule has 0 aromatic carbocycles. The van der Waals surface area contributed by atoms with E-state index >= 15 is 0 Å². The maximum Gasteiger partial charge on any atom is 0.307 e. The summed E-state index contributed by atoms with van der Waals surface area (Å²) in [7, 11) is 1.49. The van der Waals surface area contributed by atoms with Gasteiger partial charge in [-0.1, -0.05) is 39.5 Å². The smallest absolute Gasteiger partial charge is 0.307 e. The lowest BCUT2D eigenvalue weighted by Gasteiger charge is -2.33. The van der Waals surface area contributed by atoms with Crippen LogP contribution in [-0.2, 0) is 9.53 Å². The standard InChI is InChI=1S/C16H31NO2/c1-4-7-14-8-6-10-16(11-9-14,17-12-5-2)13-15(18)19-3/h14,17H,4-13H2,1-3H3. The second kappa shape index (κ2) is 8.57. The molecule has 19 heavy (non-hydrogen) atoms. The maximum atomic E-state index is 11.7. The summed E-state index contributed by atoms with van der Waals surface area (Å²) >= 11 is 0. The van der Waals surface area contributed by atoms with Gasteiger partial charge < -0.3 is 10.1 Å².